The van der Waals surface area contributed by atoms with Gasteiger partial charge in [-0.3, -0.25) is 4.72 Å². The van der Waals surface area contributed by atoms with Crippen molar-refractivity contribution in [2.24, 2.45) is 5.41 Å². The molecule has 16 heavy (non-hydrogen) atoms. The first-order valence-electron chi connectivity index (χ1n) is 4.67. The Kier molecular flexibility index (Phi) is 3.75. The van der Waals surface area contributed by atoms with Gasteiger partial charge in [0.1, 0.15) is 5.15 Å². The zero-order valence-electron chi connectivity index (χ0n) is 9.36. The molecule has 1 aromatic rings. The van der Waals surface area contributed by atoms with E-state index in [1.54, 1.807) is 0 Å². The molecule has 0 saturated carbocycles. The normalized spacial score (nSPS) is 12.5. The standard InChI is InChI=1S/C9H14ClN3O2S/c1-9(2,3)6-16(14,15)13-8-11-5-4-7(10)12-8/h4-5H,6H2,1-3H3,(H,11,12,13). The second-order valence-electron chi connectivity index (χ2n) is 4.62. The van der Waals surface area contributed by atoms with Crippen molar-refractivity contribution < 1.29 is 8.42 Å². The summed E-state index contributed by atoms with van der Waals surface area (Å²) in [7, 11) is -3.44. The van der Waals surface area contributed by atoms with Crippen LogP contribution in [0.1, 0.15) is 20.8 Å². The maximum absolute atomic E-state index is 11.7. The second-order valence-corrected chi connectivity index (χ2v) is 6.73. The van der Waals surface area contributed by atoms with Crippen LogP contribution in [-0.4, -0.2) is 24.1 Å². The minimum absolute atomic E-state index is 0.00301. The average molecular weight is 264 g/mol. The van der Waals surface area contributed by atoms with Crippen LogP contribution >= 0.6 is 11.6 Å². The number of nitrogens with one attached hydrogen (secondary N) is 1. The van der Waals surface area contributed by atoms with Crippen LogP contribution in [0.3, 0.4) is 0 Å². The maximum atomic E-state index is 11.7. The van der Waals surface area contributed by atoms with Crippen LogP contribution in [0.25, 0.3) is 0 Å². The van der Waals surface area contributed by atoms with Gasteiger partial charge in [0.25, 0.3) is 0 Å². The first-order chi connectivity index (χ1) is 7.18. The highest BCUT2D eigenvalue weighted by Gasteiger charge is 2.22. The molecule has 7 heteroatoms. The number of sulfonamides is 1. The lowest BCUT2D eigenvalue weighted by Crippen LogP contribution is -2.26. The predicted octanol–water partition coefficient (Wildman–Crippen LogP) is 1.92. The van der Waals surface area contributed by atoms with Gasteiger partial charge in [-0.2, -0.15) is 0 Å². The molecule has 0 atom stereocenters. The van der Waals surface area contributed by atoms with E-state index in [2.05, 4.69) is 14.7 Å². The molecule has 0 aliphatic rings. The van der Waals surface area contributed by atoms with Crippen LogP contribution in [0.15, 0.2) is 12.3 Å². The van der Waals surface area contributed by atoms with E-state index in [4.69, 9.17) is 11.6 Å². The smallest absolute Gasteiger partial charge is 0.237 e. The van der Waals surface area contributed by atoms with Crippen molar-refractivity contribution in [2.45, 2.75) is 20.8 Å². The summed E-state index contributed by atoms with van der Waals surface area (Å²) in [4.78, 5) is 7.52. The molecule has 90 valence electrons. The molecule has 0 bridgehead atoms. The van der Waals surface area contributed by atoms with Crippen molar-refractivity contribution in [1.29, 1.82) is 0 Å². The molecule has 0 saturated heterocycles. The van der Waals surface area contributed by atoms with Crippen LogP contribution in [-0.2, 0) is 10.0 Å². The van der Waals surface area contributed by atoms with Gasteiger partial charge in [-0.25, -0.2) is 18.4 Å². The topological polar surface area (TPSA) is 72.0 Å². The van der Waals surface area contributed by atoms with Crippen molar-refractivity contribution in [3.05, 3.63) is 17.4 Å². The molecule has 1 aromatic heterocycles. The lowest BCUT2D eigenvalue weighted by Gasteiger charge is -2.18. The van der Waals surface area contributed by atoms with Crippen molar-refractivity contribution >= 4 is 27.6 Å². The Morgan fingerprint density at radius 1 is 1.44 bits per heavy atom. The minimum Gasteiger partial charge on any atom is -0.251 e. The largest absolute Gasteiger partial charge is 0.251 e. The van der Waals surface area contributed by atoms with Crippen LogP contribution in [0.2, 0.25) is 5.15 Å². The third-order valence-corrected chi connectivity index (χ3v) is 3.44. The SMILES string of the molecule is CC(C)(C)CS(=O)(=O)Nc1nccc(Cl)n1. The van der Waals surface area contributed by atoms with Gasteiger partial charge < -0.3 is 0 Å². The summed E-state index contributed by atoms with van der Waals surface area (Å²) in [5, 5.41) is 0.198. The molecular weight excluding hydrogens is 250 g/mol. The van der Waals surface area contributed by atoms with Crippen molar-refractivity contribution in [3.63, 3.8) is 0 Å². The Morgan fingerprint density at radius 3 is 2.56 bits per heavy atom. The summed E-state index contributed by atoms with van der Waals surface area (Å²) in [5.41, 5.74) is -0.329. The first-order valence-corrected chi connectivity index (χ1v) is 6.70. The highest BCUT2D eigenvalue weighted by molar-refractivity contribution is 7.92. The third kappa shape index (κ3) is 4.76. The lowest BCUT2D eigenvalue weighted by atomic mass is 10.0. The van der Waals surface area contributed by atoms with Gasteiger partial charge in [-0.15, -0.1) is 0 Å². The molecule has 0 unspecified atom stereocenters. The number of nitrogens with zero attached hydrogens (tertiary/aromatic N) is 2. The van der Waals surface area contributed by atoms with E-state index in [0.717, 1.165) is 0 Å². The predicted molar refractivity (Wildman–Crippen MR) is 63.9 cm³/mol. The van der Waals surface area contributed by atoms with Gasteiger partial charge in [0.15, 0.2) is 0 Å². The summed E-state index contributed by atoms with van der Waals surface area (Å²) >= 11 is 5.62. The fourth-order valence-corrected chi connectivity index (χ4v) is 2.86. The van der Waals surface area contributed by atoms with Crippen LogP contribution in [0, 0.1) is 5.41 Å². The Balaban J connectivity index is 2.81. The van der Waals surface area contributed by atoms with Gasteiger partial charge in [0.2, 0.25) is 16.0 Å². The van der Waals surface area contributed by atoms with Gasteiger partial charge in [-0.05, 0) is 11.5 Å². The van der Waals surface area contributed by atoms with Gasteiger partial charge >= 0.3 is 0 Å². The number of hydrogen-bond acceptors (Lipinski definition) is 4. The molecule has 0 aliphatic heterocycles. The summed E-state index contributed by atoms with van der Waals surface area (Å²) in [6.45, 7) is 5.52. The van der Waals surface area contributed by atoms with E-state index in [9.17, 15) is 8.42 Å². The van der Waals surface area contributed by atoms with Gasteiger partial charge in [-0.1, -0.05) is 32.4 Å². The van der Waals surface area contributed by atoms with E-state index in [1.807, 2.05) is 20.8 Å². The van der Waals surface area contributed by atoms with Crippen LogP contribution < -0.4 is 4.72 Å². The van der Waals surface area contributed by atoms with E-state index in [0.29, 0.717) is 0 Å². The Labute approximate surface area is 100 Å². The molecule has 0 radical (unpaired) electrons. The molecule has 1 N–H and O–H groups in total. The molecule has 1 heterocycles. The lowest BCUT2D eigenvalue weighted by molar-refractivity contribution is 0.463. The minimum atomic E-state index is -3.44. The molecule has 5 nitrogen and oxygen atoms in total. The zero-order chi connectivity index (χ0) is 12.4. The first kappa shape index (κ1) is 13.2. The van der Waals surface area contributed by atoms with Crippen LogP contribution in [0.4, 0.5) is 5.95 Å². The number of halogens is 1. The zero-order valence-corrected chi connectivity index (χ0v) is 10.9. The van der Waals surface area contributed by atoms with E-state index in [1.165, 1.54) is 12.3 Å². The summed E-state index contributed by atoms with van der Waals surface area (Å²) in [6, 6.07) is 1.48. The molecule has 0 fully saturated rings. The van der Waals surface area contributed by atoms with Crippen molar-refractivity contribution in [1.82, 2.24) is 9.97 Å². The van der Waals surface area contributed by atoms with E-state index >= 15 is 0 Å². The number of aromatic nitrogens is 2. The second kappa shape index (κ2) is 4.55. The highest BCUT2D eigenvalue weighted by Crippen LogP contribution is 2.17. The van der Waals surface area contributed by atoms with Crippen LogP contribution in [0.5, 0.6) is 0 Å². The average Bonchev–Trinajstić information content (AvgIpc) is 1.96. The Morgan fingerprint density at radius 2 is 2.06 bits per heavy atom. The monoisotopic (exact) mass is 263 g/mol. The van der Waals surface area contributed by atoms with Crippen molar-refractivity contribution in [2.75, 3.05) is 10.5 Å². The third-order valence-electron chi connectivity index (χ3n) is 1.49. The fourth-order valence-electron chi connectivity index (χ4n) is 1.13. The number of rotatable bonds is 3. The highest BCUT2D eigenvalue weighted by atomic mass is 35.5. The molecule has 0 aromatic carbocycles. The fraction of sp³-hybridized carbons (Fsp3) is 0.556. The van der Waals surface area contributed by atoms with Crippen molar-refractivity contribution in [3.8, 4) is 0 Å². The molecule has 1 rings (SSSR count). The summed E-state index contributed by atoms with van der Waals surface area (Å²) in [6.07, 6.45) is 1.39. The van der Waals surface area contributed by atoms with E-state index < -0.39 is 10.0 Å². The van der Waals surface area contributed by atoms with Gasteiger partial charge in [0.05, 0.1) is 5.75 Å². The maximum Gasteiger partial charge on any atom is 0.237 e. The summed E-state index contributed by atoms with van der Waals surface area (Å²) < 4.78 is 25.7. The molecular formula is C9H14ClN3O2S. The summed E-state index contributed by atoms with van der Waals surface area (Å²) in [5.74, 6) is -0.00710. The Bertz CT molecular complexity index is 468. The van der Waals surface area contributed by atoms with Gasteiger partial charge in [0, 0.05) is 6.20 Å². The number of hydrogen-bond donors (Lipinski definition) is 1. The quantitative estimate of drug-likeness (QED) is 0.846. The molecule has 0 aliphatic carbocycles. The molecule has 0 spiro atoms. The number of anilines is 1. The molecule has 0 amide bonds. The van der Waals surface area contributed by atoms with E-state index in [-0.39, 0.29) is 22.3 Å². The Hall–Kier alpha value is -0.880.